The van der Waals surface area contributed by atoms with E-state index in [4.69, 9.17) is 9.47 Å². The van der Waals surface area contributed by atoms with Crippen molar-refractivity contribution < 1.29 is 23.9 Å². The van der Waals surface area contributed by atoms with Gasteiger partial charge in [0.2, 0.25) is 5.91 Å². The molecule has 1 saturated heterocycles. The smallest absolute Gasteiger partial charge is 0.305 e. The Kier molecular flexibility index (Phi) is 6.48. The fourth-order valence-corrected chi connectivity index (χ4v) is 2.42. The van der Waals surface area contributed by atoms with Gasteiger partial charge >= 0.3 is 11.9 Å². The molecule has 0 aromatic heterocycles. The average molecular weight is 285 g/mol. The SMILES string of the molecule is CCOC(=O)CCC1(CCC(=O)OCC)CCC(=O)N1. The largest absolute Gasteiger partial charge is 0.466 e. The summed E-state index contributed by atoms with van der Waals surface area (Å²) in [6, 6.07) is 0. The van der Waals surface area contributed by atoms with E-state index in [1.54, 1.807) is 13.8 Å². The number of hydrogen-bond donors (Lipinski definition) is 1. The second-order valence-corrected chi connectivity index (χ2v) is 4.94. The van der Waals surface area contributed by atoms with Gasteiger partial charge in [-0.2, -0.15) is 0 Å². The van der Waals surface area contributed by atoms with E-state index in [-0.39, 0.29) is 30.7 Å². The molecule has 1 heterocycles. The van der Waals surface area contributed by atoms with E-state index < -0.39 is 5.54 Å². The normalized spacial score (nSPS) is 16.6. The van der Waals surface area contributed by atoms with Crippen LogP contribution >= 0.6 is 0 Å². The summed E-state index contributed by atoms with van der Waals surface area (Å²) in [6.07, 6.45) is 2.57. The van der Waals surface area contributed by atoms with Crippen molar-refractivity contribution in [1.29, 1.82) is 0 Å². The molecule has 1 N–H and O–H groups in total. The van der Waals surface area contributed by atoms with Crippen molar-refractivity contribution in [2.75, 3.05) is 13.2 Å². The van der Waals surface area contributed by atoms with E-state index in [0.29, 0.717) is 38.9 Å². The van der Waals surface area contributed by atoms with Gasteiger partial charge in [-0.15, -0.1) is 0 Å². The van der Waals surface area contributed by atoms with Crippen molar-refractivity contribution >= 4 is 17.8 Å². The van der Waals surface area contributed by atoms with Crippen LogP contribution in [0.25, 0.3) is 0 Å². The van der Waals surface area contributed by atoms with E-state index in [2.05, 4.69) is 5.32 Å². The van der Waals surface area contributed by atoms with Crippen LogP contribution in [-0.4, -0.2) is 36.6 Å². The lowest BCUT2D eigenvalue weighted by molar-refractivity contribution is -0.143. The standard InChI is InChI=1S/C14H23NO5/c1-3-19-12(17)6-9-14(8-5-11(16)15-14)10-7-13(18)20-4-2/h3-10H2,1-2H3,(H,15,16). The van der Waals surface area contributed by atoms with Crippen LogP contribution in [-0.2, 0) is 23.9 Å². The highest BCUT2D eigenvalue weighted by Crippen LogP contribution is 2.30. The molecule has 1 amide bonds. The summed E-state index contributed by atoms with van der Waals surface area (Å²) < 4.78 is 9.79. The summed E-state index contributed by atoms with van der Waals surface area (Å²) in [5.41, 5.74) is -0.476. The number of hydrogen-bond acceptors (Lipinski definition) is 5. The molecule has 0 unspecified atom stereocenters. The molecule has 1 rings (SSSR count). The molecule has 0 saturated carbocycles. The van der Waals surface area contributed by atoms with Crippen LogP contribution in [0.3, 0.4) is 0 Å². The van der Waals surface area contributed by atoms with Gasteiger partial charge in [-0.25, -0.2) is 0 Å². The van der Waals surface area contributed by atoms with Gasteiger partial charge in [-0.1, -0.05) is 0 Å². The van der Waals surface area contributed by atoms with Crippen LogP contribution in [0.15, 0.2) is 0 Å². The topological polar surface area (TPSA) is 81.7 Å². The first kappa shape index (κ1) is 16.5. The third-order valence-corrected chi connectivity index (χ3v) is 3.46. The van der Waals surface area contributed by atoms with E-state index in [0.717, 1.165) is 0 Å². The van der Waals surface area contributed by atoms with Gasteiger partial charge in [-0.05, 0) is 33.1 Å². The number of rotatable bonds is 8. The first-order chi connectivity index (χ1) is 9.51. The second kappa shape index (κ2) is 7.87. The van der Waals surface area contributed by atoms with Crippen molar-refractivity contribution in [3.63, 3.8) is 0 Å². The van der Waals surface area contributed by atoms with Crippen LogP contribution in [0.1, 0.15) is 52.4 Å². The summed E-state index contributed by atoms with van der Waals surface area (Å²) >= 11 is 0. The van der Waals surface area contributed by atoms with Gasteiger partial charge in [0.15, 0.2) is 0 Å². The van der Waals surface area contributed by atoms with Gasteiger partial charge in [-0.3, -0.25) is 14.4 Å². The van der Waals surface area contributed by atoms with Crippen LogP contribution in [0.2, 0.25) is 0 Å². The maximum atomic E-state index is 11.5. The van der Waals surface area contributed by atoms with Crippen molar-refractivity contribution in [3.05, 3.63) is 0 Å². The maximum Gasteiger partial charge on any atom is 0.305 e. The van der Waals surface area contributed by atoms with Gasteiger partial charge in [0.25, 0.3) is 0 Å². The molecule has 0 radical (unpaired) electrons. The van der Waals surface area contributed by atoms with Crippen molar-refractivity contribution in [2.24, 2.45) is 0 Å². The summed E-state index contributed by atoms with van der Waals surface area (Å²) in [7, 11) is 0. The molecule has 0 aliphatic carbocycles. The maximum absolute atomic E-state index is 11.5. The highest BCUT2D eigenvalue weighted by atomic mass is 16.5. The van der Waals surface area contributed by atoms with Crippen molar-refractivity contribution in [1.82, 2.24) is 5.32 Å². The third kappa shape index (κ3) is 5.19. The van der Waals surface area contributed by atoms with Crippen molar-refractivity contribution in [3.8, 4) is 0 Å². The summed E-state index contributed by atoms with van der Waals surface area (Å²) in [5.74, 6) is -0.578. The van der Waals surface area contributed by atoms with Crippen molar-refractivity contribution in [2.45, 2.75) is 57.9 Å². The lowest BCUT2D eigenvalue weighted by Crippen LogP contribution is -2.42. The molecule has 1 fully saturated rings. The molecule has 1 aliphatic heterocycles. The van der Waals surface area contributed by atoms with Gasteiger partial charge in [0.1, 0.15) is 0 Å². The quantitative estimate of drug-likeness (QED) is 0.680. The molecule has 20 heavy (non-hydrogen) atoms. The molecule has 0 spiro atoms. The molecule has 0 aromatic rings. The molecule has 0 bridgehead atoms. The van der Waals surface area contributed by atoms with Crippen LogP contribution in [0.4, 0.5) is 0 Å². The Morgan fingerprint density at radius 1 is 1.10 bits per heavy atom. The lowest BCUT2D eigenvalue weighted by atomic mass is 9.87. The monoisotopic (exact) mass is 285 g/mol. The van der Waals surface area contributed by atoms with E-state index >= 15 is 0 Å². The Labute approximate surface area is 119 Å². The molecule has 6 nitrogen and oxygen atoms in total. The predicted octanol–water partition coefficient (Wildman–Crippen LogP) is 1.32. The Bertz CT molecular complexity index is 345. The highest BCUT2D eigenvalue weighted by molar-refractivity contribution is 5.80. The minimum atomic E-state index is -0.476. The molecule has 114 valence electrons. The lowest BCUT2D eigenvalue weighted by Gasteiger charge is -2.28. The Morgan fingerprint density at radius 3 is 1.95 bits per heavy atom. The predicted molar refractivity (Wildman–Crippen MR) is 71.8 cm³/mol. The number of nitrogens with one attached hydrogen (secondary N) is 1. The minimum Gasteiger partial charge on any atom is -0.466 e. The fraction of sp³-hybridized carbons (Fsp3) is 0.786. The molecular formula is C14H23NO5. The second-order valence-electron chi connectivity index (χ2n) is 4.94. The number of amides is 1. The Balaban J connectivity index is 2.51. The average Bonchev–Trinajstić information content (AvgIpc) is 2.77. The molecule has 0 aromatic carbocycles. The zero-order valence-electron chi connectivity index (χ0n) is 12.2. The first-order valence-electron chi connectivity index (χ1n) is 7.13. The fourth-order valence-electron chi connectivity index (χ4n) is 2.42. The molecule has 6 heteroatoms. The number of ether oxygens (including phenoxy) is 2. The molecule has 0 atom stereocenters. The molecular weight excluding hydrogens is 262 g/mol. The van der Waals surface area contributed by atoms with Crippen LogP contribution < -0.4 is 5.32 Å². The Hall–Kier alpha value is -1.59. The van der Waals surface area contributed by atoms with Gasteiger partial charge in [0, 0.05) is 24.8 Å². The summed E-state index contributed by atoms with van der Waals surface area (Å²) in [4.78, 5) is 34.3. The van der Waals surface area contributed by atoms with Crippen LogP contribution in [0.5, 0.6) is 0 Å². The zero-order chi connectivity index (χ0) is 15.0. The molecule has 1 aliphatic rings. The first-order valence-corrected chi connectivity index (χ1v) is 7.13. The van der Waals surface area contributed by atoms with Gasteiger partial charge in [0.05, 0.1) is 13.2 Å². The number of carbonyl (C=O) groups excluding carboxylic acids is 3. The van der Waals surface area contributed by atoms with Crippen LogP contribution in [0, 0.1) is 0 Å². The number of esters is 2. The summed E-state index contributed by atoms with van der Waals surface area (Å²) in [5, 5.41) is 2.91. The third-order valence-electron chi connectivity index (χ3n) is 3.46. The van der Waals surface area contributed by atoms with E-state index in [9.17, 15) is 14.4 Å². The number of carbonyl (C=O) groups is 3. The van der Waals surface area contributed by atoms with E-state index in [1.165, 1.54) is 0 Å². The van der Waals surface area contributed by atoms with E-state index in [1.807, 2.05) is 0 Å². The minimum absolute atomic E-state index is 0.0299. The zero-order valence-corrected chi connectivity index (χ0v) is 12.2. The highest BCUT2D eigenvalue weighted by Gasteiger charge is 2.38. The van der Waals surface area contributed by atoms with Gasteiger partial charge < -0.3 is 14.8 Å². The Morgan fingerprint density at radius 2 is 1.60 bits per heavy atom. The summed E-state index contributed by atoms with van der Waals surface area (Å²) in [6.45, 7) is 4.21.